The monoisotopic (exact) mass is 297 g/mol. The number of benzene rings is 1. The van der Waals surface area contributed by atoms with Gasteiger partial charge in [-0.25, -0.2) is 4.39 Å². The van der Waals surface area contributed by atoms with Crippen molar-refractivity contribution < 1.29 is 19.0 Å². The smallest absolute Gasteiger partial charge is 0.320 e. The maximum atomic E-state index is 13.3. The molecule has 4 nitrogen and oxygen atoms in total. The number of carbonyl (C=O) groups is 1. The lowest BCUT2D eigenvalue weighted by molar-refractivity contribution is -0.139. The quantitative estimate of drug-likeness (QED) is 0.811. The van der Waals surface area contributed by atoms with Crippen LogP contribution in [0, 0.1) is 11.2 Å². The minimum Gasteiger partial charge on any atom is -0.494 e. The van der Waals surface area contributed by atoms with Crippen LogP contribution < -0.4 is 10.1 Å². The van der Waals surface area contributed by atoms with E-state index in [0.29, 0.717) is 13.0 Å². The van der Waals surface area contributed by atoms with Crippen LogP contribution in [0.5, 0.6) is 5.75 Å². The lowest BCUT2D eigenvalue weighted by atomic mass is 9.88. The molecule has 1 rings (SSSR count). The fraction of sp³-hybridized carbons (Fsp3) is 0.562. The van der Waals surface area contributed by atoms with Crippen molar-refractivity contribution in [1.29, 1.82) is 0 Å². The lowest BCUT2D eigenvalue weighted by Crippen LogP contribution is -2.37. The third kappa shape index (κ3) is 6.12. The van der Waals surface area contributed by atoms with Crippen molar-refractivity contribution in [3.8, 4) is 5.75 Å². The van der Waals surface area contributed by atoms with Gasteiger partial charge in [0.1, 0.15) is 6.04 Å². The van der Waals surface area contributed by atoms with Crippen molar-refractivity contribution in [2.45, 2.75) is 46.2 Å². The van der Waals surface area contributed by atoms with Crippen molar-refractivity contribution in [2.24, 2.45) is 5.41 Å². The molecule has 2 N–H and O–H groups in total. The number of carboxylic acid groups (broad SMARTS) is 1. The maximum Gasteiger partial charge on any atom is 0.320 e. The fourth-order valence-corrected chi connectivity index (χ4v) is 1.95. The van der Waals surface area contributed by atoms with Crippen LogP contribution in [0.4, 0.5) is 4.39 Å². The first kappa shape index (κ1) is 17.4. The van der Waals surface area contributed by atoms with Crippen molar-refractivity contribution in [2.75, 3.05) is 7.11 Å². The van der Waals surface area contributed by atoms with Crippen LogP contribution >= 0.6 is 0 Å². The molecule has 5 heteroatoms. The molecule has 0 aliphatic rings. The highest BCUT2D eigenvalue weighted by atomic mass is 19.1. The first-order valence-electron chi connectivity index (χ1n) is 7.01. The summed E-state index contributed by atoms with van der Waals surface area (Å²) in [6.45, 7) is 6.60. The molecule has 0 radical (unpaired) electrons. The van der Waals surface area contributed by atoms with E-state index in [9.17, 15) is 14.3 Å². The van der Waals surface area contributed by atoms with Crippen LogP contribution in [-0.2, 0) is 11.3 Å². The first-order chi connectivity index (χ1) is 9.73. The van der Waals surface area contributed by atoms with Gasteiger partial charge in [-0.05, 0) is 36.0 Å². The molecule has 0 heterocycles. The van der Waals surface area contributed by atoms with E-state index < -0.39 is 17.8 Å². The molecule has 0 aromatic heterocycles. The number of aliphatic carboxylic acids is 1. The molecule has 0 fully saturated rings. The Balaban J connectivity index is 2.63. The second-order valence-corrected chi connectivity index (χ2v) is 6.34. The Morgan fingerprint density at radius 2 is 2.10 bits per heavy atom. The van der Waals surface area contributed by atoms with Crippen LogP contribution in [0.3, 0.4) is 0 Å². The molecule has 0 saturated heterocycles. The van der Waals surface area contributed by atoms with E-state index in [1.807, 2.05) is 0 Å². The highest BCUT2D eigenvalue weighted by molar-refractivity contribution is 5.73. The Bertz CT molecular complexity index is 483. The molecule has 0 bridgehead atoms. The molecule has 0 aliphatic heterocycles. The van der Waals surface area contributed by atoms with Gasteiger partial charge in [0, 0.05) is 6.54 Å². The largest absolute Gasteiger partial charge is 0.494 e. The fourth-order valence-electron chi connectivity index (χ4n) is 1.95. The summed E-state index contributed by atoms with van der Waals surface area (Å²) in [6.07, 6.45) is 1.36. The zero-order chi connectivity index (χ0) is 16.0. The molecular weight excluding hydrogens is 273 g/mol. The van der Waals surface area contributed by atoms with Gasteiger partial charge >= 0.3 is 5.97 Å². The molecular formula is C16H24FNO3. The zero-order valence-corrected chi connectivity index (χ0v) is 13.1. The number of halogens is 1. The van der Waals surface area contributed by atoms with Gasteiger partial charge in [-0.15, -0.1) is 0 Å². The number of hydrogen-bond donors (Lipinski definition) is 2. The summed E-state index contributed by atoms with van der Waals surface area (Å²) in [6, 6.07) is 3.90. The molecule has 0 aliphatic carbocycles. The van der Waals surface area contributed by atoms with E-state index in [4.69, 9.17) is 4.74 Å². The summed E-state index contributed by atoms with van der Waals surface area (Å²) >= 11 is 0. The van der Waals surface area contributed by atoms with E-state index in [1.165, 1.54) is 13.2 Å². The van der Waals surface area contributed by atoms with Gasteiger partial charge in [-0.1, -0.05) is 26.8 Å². The van der Waals surface area contributed by atoms with Gasteiger partial charge in [0.2, 0.25) is 0 Å². The average Bonchev–Trinajstić information content (AvgIpc) is 2.38. The molecule has 1 aromatic carbocycles. The molecule has 118 valence electrons. The summed E-state index contributed by atoms with van der Waals surface area (Å²) in [5.41, 5.74) is 0.879. The third-order valence-corrected chi connectivity index (χ3v) is 3.25. The number of hydrogen-bond acceptors (Lipinski definition) is 3. The van der Waals surface area contributed by atoms with Crippen LogP contribution in [0.2, 0.25) is 0 Å². The number of ether oxygens (including phenoxy) is 1. The zero-order valence-electron chi connectivity index (χ0n) is 13.1. The van der Waals surface area contributed by atoms with Gasteiger partial charge in [0.05, 0.1) is 7.11 Å². The summed E-state index contributed by atoms with van der Waals surface area (Å²) in [7, 11) is 1.40. The second-order valence-electron chi connectivity index (χ2n) is 6.34. The van der Waals surface area contributed by atoms with Crippen LogP contribution in [-0.4, -0.2) is 24.2 Å². The summed E-state index contributed by atoms with van der Waals surface area (Å²) in [5.74, 6) is -1.13. The topological polar surface area (TPSA) is 58.6 Å². The molecule has 1 unspecified atom stereocenters. The Morgan fingerprint density at radius 3 is 2.62 bits per heavy atom. The summed E-state index contributed by atoms with van der Waals surface area (Å²) < 4.78 is 18.2. The van der Waals surface area contributed by atoms with Crippen LogP contribution in [0.15, 0.2) is 18.2 Å². The van der Waals surface area contributed by atoms with E-state index >= 15 is 0 Å². The van der Waals surface area contributed by atoms with Gasteiger partial charge in [0.15, 0.2) is 11.6 Å². The van der Waals surface area contributed by atoms with Crippen molar-refractivity contribution in [3.05, 3.63) is 29.6 Å². The number of methoxy groups -OCH3 is 1. The van der Waals surface area contributed by atoms with Gasteiger partial charge in [-0.3, -0.25) is 4.79 Å². The summed E-state index contributed by atoms with van der Waals surface area (Å²) in [5, 5.41) is 12.2. The highest BCUT2D eigenvalue weighted by Gasteiger charge is 2.20. The van der Waals surface area contributed by atoms with Crippen molar-refractivity contribution in [3.63, 3.8) is 0 Å². The van der Waals surface area contributed by atoms with Crippen molar-refractivity contribution >= 4 is 5.97 Å². The second kappa shape index (κ2) is 7.41. The van der Waals surface area contributed by atoms with E-state index in [0.717, 1.165) is 12.0 Å². The first-order valence-corrected chi connectivity index (χ1v) is 7.01. The standard InChI is InChI=1S/C16H24FNO3/c1-16(2,3)8-7-13(15(19)20)18-10-11-5-6-12(17)14(9-11)21-4/h5-6,9,13,18H,7-8,10H2,1-4H3,(H,19,20). The summed E-state index contributed by atoms with van der Waals surface area (Å²) in [4.78, 5) is 11.3. The van der Waals surface area contributed by atoms with E-state index in [-0.39, 0.29) is 11.2 Å². The molecule has 0 saturated carbocycles. The van der Waals surface area contributed by atoms with Gasteiger partial charge in [-0.2, -0.15) is 0 Å². The average molecular weight is 297 g/mol. The van der Waals surface area contributed by atoms with Gasteiger partial charge in [0.25, 0.3) is 0 Å². The van der Waals surface area contributed by atoms with Crippen molar-refractivity contribution in [1.82, 2.24) is 5.32 Å². The predicted octanol–water partition coefficient (Wildman–Crippen LogP) is 3.20. The maximum absolute atomic E-state index is 13.3. The van der Waals surface area contributed by atoms with Gasteiger partial charge < -0.3 is 15.2 Å². The van der Waals surface area contributed by atoms with E-state index in [1.54, 1.807) is 12.1 Å². The Morgan fingerprint density at radius 1 is 1.43 bits per heavy atom. The third-order valence-electron chi connectivity index (χ3n) is 3.25. The molecule has 0 amide bonds. The van der Waals surface area contributed by atoms with E-state index in [2.05, 4.69) is 26.1 Å². The molecule has 1 atom stereocenters. The molecule has 0 spiro atoms. The number of carboxylic acids is 1. The molecule has 1 aromatic rings. The Labute approximate surface area is 125 Å². The minimum atomic E-state index is -0.867. The highest BCUT2D eigenvalue weighted by Crippen LogP contribution is 2.22. The minimum absolute atomic E-state index is 0.0917. The molecule has 21 heavy (non-hydrogen) atoms. The number of rotatable bonds is 7. The predicted molar refractivity (Wildman–Crippen MR) is 79.9 cm³/mol. The van der Waals surface area contributed by atoms with Crippen LogP contribution in [0.1, 0.15) is 39.2 Å². The Hall–Kier alpha value is -1.62. The lowest BCUT2D eigenvalue weighted by Gasteiger charge is -2.21. The van der Waals surface area contributed by atoms with Crippen LogP contribution in [0.25, 0.3) is 0 Å². The Kier molecular flexibility index (Phi) is 6.15. The normalized spacial score (nSPS) is 13.0. The SMILES string of the molecule is COc1cc(CNC(CCC(C)(C)C)C(=O)O)ccc1F. The number of nitrogens with one attached hydrogen (secondary N) is 1.